The number of hydrogen-bond donors (Lipinski definition) is 1. The van der Waals surface area contributed by atoms with Gasteiger partial charge in [0.15, 0.2) is 5.69 Å². The third-order valence-corrected chi connectivity index (χ3v) is 2.97. The number of ether oxygens (including phenoxy) is 1. The Kier molecular flexibility index (Phi) is 4.71. The summed E-state index contributed by atoms with van der Waals surface area (Å²) in [7, 11) is 1.31. The van der Waals surface area contributed by atoms with Crippen LogP contribution in [-0.2, 0) is 9.53 Å². The molecular formula is C15H16N2O4. The maximum Gasteiger partial charge on any atom is 0.307 e. The molecule has 0 aliphatic carbocycles. The molecule has 2 aromatic rings. The predicted octanol–water partition coefficient (Wildman–Crippen LogP) is 2.02. The molecule has 1 unspecified atom stereocenters. The standard InChI is InChI=1S/C15H16N2O4/c1-10-8-13(17-21-10)15(19)16-12(9-14(18)20-2)11-6-4-3-5-7-11/h3-8,12H,9H2,1-2H3,(H,16,19). The van der Waals surface area contributed by atoms with Gasteiger partial charge in [0.05, 0.1) is 19.6 Å². The van der Waals surface area contributed by atoms with E-state index in [2.05, 4.69) is 15.2 Å². The summed E-state index contributed by atoms with van der Waals surface area (Å²) in [6.07, 6.45) is 0.0447. The molecule has 110 valence electrons. The number of aromatic nitrogens is 1. The van der Waals surface area contributed by atoms with Crippen molar-refractivity contribution < 1.29 is 18.8 Å². The summed E-state index contributed by atoms with van der Waals surface area (Å²) >= 11 is 0. The minimum Gasteiger partial charge on any atom is -0.469 e. The molecule has 6 nitrogen and oxygen atoms in total. The Bertz CT molecular complexity index is 622. The van der Waals surface area contributed by atoms with Crippen LogP contribution in [0.15, 0.2) is 40.9 Å². The Morgan fingerprint density at radius 2 is 2.05 bits per heavy atom. The van der Waals surface area contributed by atoms with E-state index >= 15 is 0 Å². The lowest BCUT2D eigenvalue weighted by Crippen LogP contribution is -2.30. The normalized spacial score (nSPS) is 11.7. The van der Waals surface area contributed by atoms with E-state index in [1.54, 1.807) is 6.92 Å². The second kappa shape index (κ2) is 6.69. The lowest BCUT2D eigenvalue weighted by Gasteiger charge is -2.17. The van der Waals surface area contributed by atoms with Gasteiger partial charge in [0, 0.05) is 6.07 Å². The first-order valence-corrected chi connectivity index (χ1v) is 6.46. The monoisotopic (exact) mass is 288 g/mol. The number of esters is 1. The molecule has 0 radical (unpaired) electrons. The Hall–Kier alpha value is -2.63. The van der Waals surface area contributed by atoms with Gasteiger partial charge in [0.25, 0.3) is 5.91 Å². The molecule has 1 aromatic carbocycles. The highest BCUT2D eigenvalue weighted by Crippen LogP contribution is 2.18. The highest BCUT2D eigenvalue weighted by atomic mass is 16.5. The first kappa shape index (κ1) is 14.8. The SMILES string of the molecule is COC(=O)CC(NC(=O)c1cc(C)on1)c1ccccc1. The Labute approximate surface area is 122 Å². The topological polar surface area (TPSA) is 81.4 Å². The summed E-state index contributed by atoms with van der Waals surface area (Å²) in [4.78, 5) is 23.6. The van der Waals surface area contributed by atoms with Crippen LogP contribution in [-0.4, -0.2) is 24.1 Å². The van der Waals surface area contributed by atoms with Crippen LogP contribution in [0, 0.1) is 6.92 Å². The molecule has 2 rings (SSSR count). The Morgan fingerprint density at radius 1 is 1.33 bits per heavy atom. The molecule has 6 heteroatoms. The van der Waals surface area contributed by atoms with Gasteiger partial charge in [-0.1, -0.05) is 35.5 Å². The fourth-order valence-electron chi connectivity index (χ4n) is 1.89. The first-order chi connectivity index (χ1) is 10.1. The molecule has 0 saturated carbocycles. The molecule has 1 N–H and O–H groups in total. The number of nitrogens with one attached hydrogen (secondary N) is 1. The van der Waals surface area contributed by atoms with Gasteiger partial charge in [-0.3, -0.25) is 9.59 Å². The molecule has 0 aliphatic rings. The van der Waals surface area contributed by atoms with Crippen molar-refractivity contribution in [3.63, 3.8) is 0 Å². The summed E-state index contributed by atoms with van der Waals surface area (Å²) in [6, 6.07) is 10.3. The summed E-state index contributed by atoms with van der Waals surface area (Å²) in [5.41, 5.74) is 0.995. The van der Waals surface area contributed by atoms with E-state index in [1.165, 1.54) is 13.2 Å². The maximum atomic E-state index is 12.1. The van der Waals surface area contributed by atoms with Gasteiger partial charge in [-0.2, -0.15) is 0 Å². The number of hydrogen-bond acceptors (Lipinski definition) is 5. The quantitative estimate of drug-likeness (QED) is 0.851. The van der Waals surface area contributed by atoms with Gasteiger partial charge < -0.3 is 14.6 Å². The minimum absolute atomic E-state index is 0.0447. The van der Waals surface area contributed by atoms with E-state index in [0.717, 1.165) is 5.56 Å². The van der Waals surface area contributed by atoms with Gasteiger partial charge in [0.1, 0.15) is 5.76 Å². The molecule has 1 amide bonds. The number of carbonyl (C=O) groups is 2. The smallest absolute Gasteiger partial charge is 0.307 e. The van der Waals surface area contributed by atoms with E-state index in [9.17, 15) is 9.59 Å². The van der Waals surface area contributed by atoms with Crippen LogP contribution in [0.25, 0.3) is 0 Å². The highest BCUT2D eigenvalue weighted by molar-refractivity contribution is 5.92. The van der Waals surface area contributed by atoms with Crippen molar-refractivity contribution in [1.29, 1.82) is 0 Å². The average molecular weight is 288 g/mol. The van der Waals surface area contributed by atoms with Crippen LogP contribution in [0.1, 0.15) is 34.3 Å². The van der Waals surface area contributed by atoms with Crippen LogP contribution in [0.4, 0.5) is 0 Å². The van der Waals surface area contributed by atoms with Gasteiger partial charge in [0.2, 0.25) is 0 Å². The van der Waals surface area contributed by atoms with E-state index in [1.807, 2.05) is 30.3 Å². The van der Waals surface area contributed by atoms with Crippen molar-refractivity contribution in [2.24, 2.45) is 0 Å². The fourth-order valence-corrected chi connectivity index (χ4v) is 1.89. The molecule has 0 bridgehead atoms. The van der Waals surface area contributed by atoms with Gasteiger partial charge in [-0.05, 0) is 12.5 Å². The molecule has 1 heterocycles. The second-order valence-electron chi connectivity index (χ2n) is 4.54. The summed E-state index contributed by atoms with van der Waals surface area (Å²) < 4.78 is 9.54. The molecular weight excluding hydrogens is 272 g/mol. The minimum atomic E-state index is -0.483. The molecule has 0 aliphatic heterocycles. The zero-order valence-electron chi connectivity index (χ0n) is 11.8. The molecule has 1 atom stereocenters. The Balaban J connectivity index is 2.16. The van der Waals surface area contributed by atoms with Crippen LogP contribution in [0.5, 0.6) is 0 Å². The van der Waals surface area contributed by atoms with E-state index < -0.39 is 17.9 Å². The van der Waals surface area contributed by atoms with E-state index in [4.69, 9.17) is 4.52 Å². The third-order valence-electron chi connectivity index (χ3n) is 2.97. The number of carbonyl (C=O) groups excluding carboxylic acids is 2. The van der Waals surface area contributed by atoms with Crippen molar-refractivity contribution in [3.8, 4) is 0 Å². The van der Waals surface area contributed by atoms with Crippen molar-refractivity contribution in [3.05, 3.63) is 53.4 Å². The van der Waals surface area contributed by atoms with Crippen LogP contribution in [0.3, 0.4) is 0 Å². The van der Waals surface area contributed by atoms with Crippen LogP contribution >= 0.6 is 0 Å². The largest absolute Gasteiger partial charge is 0.469 e. The molecule has 0 spiro atoms. The molecule has 0 fully saturated rings. The lowest BCUT2D eigenvalue weighted by atomic mass is 10.0. The predicted molar refractivity (Wildman–Crippen MR) is 74.5 cm³/mol. The lowest BCUT2D eigenvalue weighted by molar-refractivity contribution is -0.141. The summed E-state index contributed by atoms with van der Waals surface area (Å²) in [6.45, 7) is 1.70. The second-order valence-corrected chi connectivity index (χ2v) is 4.54. The first-order valence-electron chi connectivity index (χ1n) is 6.46. The zero-order valence-corrected chi connectivity index (χ0v) is 11.8. The fraction of sp³-hybridized carbons (Fsp3) is 0.267. The number of benzene rings is 1. The van der Waals surface area contributed by atoms with Crippen LogP contribution in [0.2, 0.25) is 0 Å². The van der Waals surface area contributed by atoms with Gasteiger partial charge in [-0.25, -0.2) is 0 Å². The number of aryl methyl sites for hydroxylation is 1. The molecule has 0 saturated heterocycles. The number of methoxy groups -OCH3 is 1. The van der Waals surface area contributed by atoms with Gasteiger partial charge in [-0.15, -0.1) is 0 Å². The number of nitrogens with zero attached hydrogens (tertiary/aromatic N) is 1. The third kappa shape index (κ3) is 3.92. The highest BCUT2D eigenvalue weighted by Gasteiger charge is 2.21. The molecule has 1 aromatic heterocycles. The summed E-state index contributed by atoms with van der Waals surface area (Å²) in [5.74, 6) is -0.255. The zero-order chi connectivity index (χ0) is 15.2. The maximum absolute atomic E-state index is 12.1. The van der Waals surface area contributed by atoms with Crippen molar-refractivity contribution in [2.75, 3.05) is 7.11 Å². The van der Waals surface area contributed by atoms with E-state index in [-0.39, 0.29) is 12.1 Å². The van der Waals surface area contributed by atoms with Crippen molar-refractivity contribution in [2.45, 2.75) is 19.4 Å². The number of amides is 1. The average Bonchev–Trinajstić information content (AvgIpc) is 2.94. The Morgan fingerprint density at radius 3 is 2.62 bits per heavy atom. The van der Waals surface area contributed by atoms with Crippen LogP contribution < -0.4 is 5.32 Å². The van der Waals surface area contributed by atoms with Crippen molar-refractivity contribution in [1.82, 2.24) is 10.5 Å². The summed E-state index contributed by atoms with van der Waals surface area (Å²) in [5, 5.41) is 6.42. The van der Waals surface area contributed by atoms with Crippen molar-refractivity contribution >= 4 is 11.9 Å². The number of rotatable bonds is 5. The van der Waals surface area contributed by atoms with Gasteiger partial charge >= 0.3 is 5.97 Å². The molecule has 21 heavy (non-hydrogen) atoms. The van der Waals surface area contributed by atoms with E-state index in [0.29, 0.717) is 5.76 Å².